The van der Waals surface area contributed by atoms with Gasteiger partial charge in [0.2, 0.25) is 5.88 Å². The monoisotopic (exact) mass is 340 g/mol. The molecule has 0 aliphatic rings. The van der Waals surface area contributed by atoms with Crippen LogP contribution >= 0.6 is 15.9 Å². The second kappa shape index (κ2) is 6.04. The van der Waals surface area contributed by atoms with Gasteiger partial charge in [-0.3, -0.25) is 0 Å². The molecule has 0 saturated carbocycles. The fourth-order valence-electron chi connectivity index (χ4n) is 1.51. The summed E-state index contributed by atoms with van der Waals surface area (Å²) in [6, 6.07) is 4.65. The van der Waals surface area contributed by atoms with E-state index in [1.807, 2.05) is 13.8 Å². The Balaban J connectivity index is 2.27. The van der Waals surface area contributed by atoms with Crippen LogP contribution in [0.4, 0.5) is 21.6 Å². The van der Waals surface area contributed by atoms with Crippen molar-refractivity contribution in [3.8, 4) is 5.88 Å². The summed E-state index contributed by atoms with van der Waals surface area (Å²) in [7, 11) is 0. The van der Waals surface area contributed by atoms with Gasteiger partial charge < -0.3 is 15.8 Å². The quantitative estimate of drug-likeness (QED) is 0.891. The van der Waals surface area contributed by atoms with Gasteiger partial charge in [0.05, 0.1) is 10.6 Å². The summed E-state index contributed by atoms with van der Waals surface area (Å²) in [5, 5.41) is 2.94. The van der Waals surface area contributed by atoms with Gasteiger partial charge in [0.15, 0.2) is 5.82 Å². The molecule has 0 aliphatic heterocycles. The number of aromatic nitrogens is 2. The molecule has 0 bridgehead atoms. The predicted octanol–water partition coefficient (Wildman–Crippen LogP) is 3.49. The molecule has 0 saturated heterocycles. The molecule has 0 fully saturated rings. The van der Waals surface area contributed by atoms with Gasteiger partial charge in [-0.15, -0.1) is 0 Å². The molecule has 0 unspecified atom stereocenters. The topological polar surface area (TPSA) is 73.1 Å². The lowest BCUT2D eigenvalue weighted by Gasteiger charge is -2.13. The first-order valence-electron chi connectivity index (χ1n) is 5.96. The predicted molar refractivity (Wildman–Crippen MR) is 79.6 cm³/mol. The van der Waals surface area contributed by atoms with Gasteiger partial charge in [-0.2, -0.15) is 4.98 Å². The Kier molecular flexibility index (Phi) is 4.39. The first-order chi connectivity index (χ1) is 9.47. The molecule has 1 heterocycles. The number of halogens is 2. The van der Waals surface area contributed by atoms with Crippen molar-refractivity contribution in [2.75, 3.05) is 11.1 Å². The summed E-state index contributed by atoms with van der Waals surface area (Å²) in [5.74, 6) is 0.300. The molecule has 3 N–H and O–H groups in total. The average Bonchev–Trinajstić information content (AvgIpc) is 2.38. The maximum Gasteiger partial charge on any atom is 0.242 e. The van der Waals surface area contributed by atoms with Crippen molar-refractivity contribution in [2.45, 2.75) is 20.0 Å². The third-order valence-electron chi connectivity index (χ3n) is 2.38. The number of benzene rings is 1. The zero-order valence-corrected chi connectivity index (χ0v) is 12.6. The second-order valence-electron chi connectivity index (χ2n) is 4.36. The fraction of sp³-hybridized carbons (Fsp3) is 0.231. The SMILES string of the molecule is CC(C)Oc1ncnc(Nc2ccc(Br)c(F)c2)c1N. The number of hydrogen-bond acceptors (Lipinski definition) is 5. The van der Waals surface area contributed by atoms with Crippen molar-refractivity contribution in [2.24, 2.45) is 0 Å². The number of rotatable bonds is 4. The first-order valence-corrected chi connectivity index (χ1v) is 6.76. The minimum absolute atomic E-state index is 0.0508. The number of nitrogens with one attached hydrogen (secondary N) is 1. The molecule has 0 atom stereocenters. The summed E-state index contributed by atoms with van der Waals surface area (Å²) in [6.45, 7) is 3.75. The zero-order valence-electron chi connectivity index (χ0n) is 11.0. The molecule has 0 radical (unpaired) electrons. The van der Waals surface area contributed by atoms with Gasteiger partial charge in [-0.25, -0.2) is 9.37 Å². The van der Waals surface area contributed by atoms with Crippen molar-refractivity contribution in [1.29, 1.82) is 0 Å². The summed E-state index contributed by atoms with van der Waals surface area (Å²) in [5.41, 5.74) is 6.75. The molecule has 7 heteroatoms. The van der Waals surface area contributed by atoms with Crippen molar-refractivity contribution in [3.63, 3.8) is 0 Å². The minimum atomic E-state index is -0.374. The van der Waals surface area contributed by atoms with Crippen LogP contribution in [0.3, 0.4) is 0 Å². The Morgan fingerprint density at radius 3 is 2.75 bits per heavy atom. The van der Waals surface area contributed by atoms with E-state index < -0.39 is 0 Å². The van der Waals surface area contributed by atoms with Crippen LogP contribution in [0.1, 0.15) is 13.8 Å². The molecule has 106 valence electrons. The molecular formula is C13H14BrFN4O. The molecule has 5 nitrogen and oxygen atoms in total. The highest BCUT2D eigenvalue weighted by Gasteiger charge is 2.11. The zero-order chi connectivity index (χ0) is 14.7. The fourth-order valence-corrected chi connectivity index (χ4v) is 1.75. The molecule has 0 aliphatic carbocycles. The van der Waals surface area contributed by atoms with Crippen LogP contribution in [0.15, 0.2) is 29.0 Å². The summed E-state index contributed by atoms with van der Waals surface area (Å²) >= 11 is 3.09. The lowest BCUT2D eigenvalue weighted by atomic mass is 10.3. The normalized spacial score (nSPS) is 10.7. The Labute approximate surface area is 124 Å². The second-order valence-corrected chi connectivity index (χ2v) is 5.22. The smallest absolute Gasteiger partial charge is 0.242 e. The Bertz CT molecular complexity index is 621. The molecule has 0 amide bonds. The van der Waals surface area contributed by atoms with E-state index >= 15 is 0 Å². The highest BCUT2D eigenvalue weighted by molar-refractivity contribution is 9.10. The molecule has 0 spiro atoms. The molecule has 20 heavy (non-hydrogen) atoms. The van der Waals surface area contributed by atoms with Gasteiger partial charge in [0.1, 0.15) is 17.8 Å². The summed E-state index contributed by atoms with van der Waals surface area (Å²) < 4.78 is 19.3. The highest BCUT2D eigenvalue weighted by Crippen LogP contribution is 2.29. The number of hydrogen-bond donors (Lipinski definition) is 2. The maximum absolute atomic E-state index is 13.5. The Hall–Kier alpha value is -1.89. The molecular weight excluding hydrogens is 327 g/mol. The van der Waals surface area contributed by atoms with Crippen LogP contribution < -0.4 is 15.8 Å². The number of nitrogens with zero attached hydrogens (tertiary/aromatic N) is 2. The summed E-state index contributed by atoms with van der Waals surface area (Å²) in [4.78, 5) is 8.00. The van der Waals surface area contributed by atoms with Crippen LogP contribution in [0.2, 0.25) is 0 Å². The van der Waals surface area contributed by atoms with E-state index in [2.05, 4.69) is 31.2 Å². The third kappa shape index (κ3) is 3.36. The van der Waals surface area contributed by atoms with E-state index in [0.717, 1.165) is 0 Å². The summed E-state index contributed by atoms with van der Waals surface area (Å²) in [6.07, 6.45) is 1.29. The average molecular weight is 341 g/mol. The molecule has 2 rings (SSSR count). The van der Waals surface area contributed by atoms with Crippen LogP contribution in [0.5, 0.6) is 5.88 Å². The van der Waals surface area contributed by atoms with Gasteiger partial charge in [-0.1, -0.05) is 0 Å². The van der Waals surface area contributed by atoms with E-state index in [1.165, 1.54) is 12.4 Å². The number of ether oxygens (including phenoxy) is 1. The van der Waals surface area contributed by atoms with Crippen LogP contribution in [0.25, 0.3) is 0 Å². The third-order valence-corrected chi connectivity index (χ3v) is 3.02. The molecule has 1 aromatic heterocycles. The Morgan fingerprint density at radius 1 is 1.35 bits per heavy atom. The lowest BCUT2D eigenvalue weighted by molar-refractivity contribution is 0.234. The van der Waals surface area contributed by atoms with Gasteiger partial charge >= 0.3 is 0 Å². The van der Waals surface area contributed by atoms with Crippen LogP contribution in [0, 0.1) is 5.82 Å². The standard InChI is InChI=1S/C13H14BrFN4O/c1-7(2)20-13-11(16)12(17-6-18-13)19-8-3-4-9(14)10(15)5-8/h3-7H,16H2,1-2H3,(H,17,18,19). The lowest BCUT2D eigenvalue weighted by Crippen LogP contribution is -2.10. The minimum Gasteiger partial charge on any atom is -0.473 e. The van der Waals surface area contributed by atoms with Crippen LogP contribution in [-0.4, -0.2) is 16.1 Å². The van der Waals surface area contributed by atoms with Crippen LogP contribution in [-0.2, 0) is 0 Å². The first kappa shape index (κ1) is 14.5. The van der Waals surface area contributed by atoms with E-state index in [1.54, 1.807) is 12.1 Å². The largest absolute Gasteiger partial charge is 0.473 e. The van der Waals surface area contributed by atoms with Crippen molar-refractivity contribution >= 4 is 33.1 Å². The molecule has 2 aromatic rings. The van der Waals surface area contributed by atoms with Gasteiger partial charge in [-0.05, 0) is 48.0 Å². The number of nitrogen functional groups attached to an aromatic ring is 1. The van der Waals surface area contributed by atoms with E-state index in [0.29, 0.717) is 21.9 Å². The number of nitrogens with two attached hydrogens (primary N) is 1. The molecule has 1 aromatic carbocycles. The van der Waals surface area contributed by atoms with Gasteiger partial charge in [0, 0.05) is 5.69 Å². The maximum atomic E-state index is 13.5. The number of anilines is 3. The van der Waals surface area contributed by atoms with E-state index in [9.17, 15) is 4.39 Å². The van der Waals surface area contributed by atoms with Crippen molar-refractivity contribution in [1.82, 2.24) is 9.97 Å². The van der Waals surface area contributed by atoms with E-state index in [-0.39, 0.29) is 17.6 Å². The van der Waals surface area contributed by atoms with Gasteiger partial charge in [0.25, 0.3) is 0 Å². The van der Waals surface area contributed by atoms with Crippen molar-refractivity contribution in [3.05, 3.63) is 34.8 Å². The van der Waals surface area contributed by atoms with Crippen molar-refractivity contribution < 1.29 is 9.13 Å². The Morgan fingerprint density at radius 2 is 2.10 bits per heavy atom. The van der Waals surface area contributed by atoms with E-state index in [4.69, 9.17) is 10.5 Å². The highest BCUT2D eigenvalue weighted by atomic mass is 79.9.